The fourth-order valence-corrected chi connectivity index (χ4v) is 4.13. The van der Waals surface area contributed by atoms with Crippen molar-refractivity contribution in [1.82, 2.24) is 4.90 Å². The summed E-state index contributed by atoms with van der Waals surface area (Å²) in [6, 6.07) is 11.2. The quantitative estimate of drug-likeness (QED) is 0.644. The Morgan fingerprint density at radius 2 is 1.68 bits per heavy atom. The summed E-state index contributed by atoms with van der Waals surface area (Å²) >= 11 is 0.950. The van der Waals surface area contributed by atoms with Gasteiger partial charge in [-0.1, -0.05) is 12.1 Å². The minimum atomic E-state index is -3.89. The molecule has 7 nitrogen and oxygen atoms in total. The van der Waals surface area contributed by atoms with E-state index >= 15 is 0 Å². The van der Waals surface area contributed by atoms with Gasteiger partial charge in [0, 0.05) is 25.1 Å². The van der Waals surface area contributed by atoms with Crippen LogP contribution in [0.5, 0.6) is 11.5 Å². The summed E-state index contributed by atoms with van der Waals surface area (Å²) in [4.78, 5) is 14.0. The second-order valence-electron chi connectivity index (χ2n) is 5.84. The summed E-state index contributed by atoms with van der Waals surface area (Å²) in [6.45, 7) is 4.47. The maximum absolute atomic E-state index is 12.9. The van der Waals surface area contributed by atoms with Gasteiger partial charge in [-0.25, -0.2) is 8.42 Å². The molecule has 9 heteroatoms. The lowest BCUT2D eigenvalue weighted by atomic mass is 10.3. The van der Waals surface area contributed by atoms with E-state index in [-0.39, 0.29) is 10.1 Å². The number of nitrogens with zero attached hydrogens (tertiary/aromatic N) is 1. The summed E-state index contributed by atoms with van der Waals surface area (Å²) < 4.78 is 39.3. The SMILES string of the molecule is CCOc1ccc(S(=O)(=O)Nc2ccccc2SC(=O)N(C)C)cc1OCC. The van der Waals surface area contributed by atoms with E-state index in [0.29, 0.717) is 35.3 Å². The predicted molar refractivity (Wildman–Crippen MR) is 111 cm³/mol. The van der Waals surface area contributed by atoms with Gasteiger partial charge < -0.3 is 14.4 Å². The van der Waals surface area contributed by atoms with E-state index in [1.54, 1.807) is 44.4 Å². The van der Waals surface area contributed by atoms with Crippen LogP contribution in [0.3, 0.4) is 0 Å². The van der Waals surface area contributed by atoms with Crippen LogP contribution in [0.25, 0.3) is 0 Å². The van der Waals surface area contributed by atoms with Crippen LogP contribution in [0.1, 0.15) is 13.8 Å². The van der Waals surface area contributed by atoms with Crippen LogP contribution < -0.4 is 14.2 Å². The van der Waals surface area contributed by atoms with Crippen molar-refractivity contribution in [3.05, 3.63) is 42.5 Å². The topological polar surface area (TPSA) is 84.9 Å². The zero-order chi connectivity index (χ0) is 20.7. The second kappa shape index (κ2) is 9.70. The Bertz CT molecular complexity index is 930. The third kappa shape index (κ3) is 5.56. The molecular formula is C19H24N2O5S2. The largest absolute Gasteiger partial charge is 0.490 e. The van der Waals surface area contributed by atoms with Crippen LogP contribution in [0.15, 0.2) is 52.3 Å². The molecule has 0 saturated carbocycles. The number of para-hydroxylation sites is 1. The molecule has 0 bridgehead atoms. The smallest absolute Gasteiger partial charge is 0.286 e. The van der Waals surface area contributed by atoms with Crippen LogP contribution in [0.2, 0.25) is 0 Å². The third-order valence-corrected chi connectivity index (χ3v) is 6.00. The second-order valence-corrected chi connectivity index (χ2v) is 8.51. The lowest BCUT2D eigenvalue weighted by Crippen LogP contribution is -2.17. The average Bonchev–Trinajstić information content (AvgIpc) is 2.64. The van der Waals surface area contributed by atoms with E-state index in [9.17, 15) is 13.2 Å². The lowest BCUT2D eigenvalue weighted by Gasteiger charge is -2.15. The molecule has 2 aromatic carbocycles. The van der Waals surface area contributed by atoms with Gasteiger partial charge in [-0.05, 0) is 49.9 Å². The van der Waals surface area contributed by atoms with Crippen LogP contribution in [0.4, 0.5) is 10.5 Å². The number of ether oxygens (including phenoxy) is 2. The molecule has 2 rings (SSSR count). The molecule has 0 aliphatic heterocycles. The highest BCUT2D eigenvalue weighted by Gasteiger charge is 2.20. The van der Waals surface area contributed by atoms with E-state index in [0.717, 1.165) is 11.8 Å². The Balaban J connectivity index is 2.34. The Kier molecular flexibility index (Phi) is 7.59. The zero-order valence-electron chi connectivity index (χ0n) is 16.3. The number of benzene rings is 2. The molecule has 1 N–H and O–H groups in total. The molecule has 0 spiro atoms. The van der Waals surface area contributed by atoms with Crippen LogP contribution in [-0.2, 0) is 10.0 Å². The van der Waals surface area contributed by atoms with Crippen molar-refractivity contribution in [2.45, 2.75) is 23.6 Å². The summed E-state index contributed by atoms with van der Waals surface area (Å²) in [5, 5.41) is -0.202. The Hall–Kier alpha value is -2.39. The number of thioether (sulfide) groups is 1. The molecule has 0 aliphatic rings. The van der Waals surface area contributed by atoms with E-state index in [4.69, 9.17) is 9.47 Å². The average molecular weight is 425 g/mol. The molecule has 0 fully saturated rings. The number of hydrogen-bond donors (Lipinski definition) is 1. The number of carbonyl (C=O) groups is 1. The van der Waals surface area contributed by atoms with Gasteiger partial charge in [0.25, 0.3) is 15.3 Å². The highest BCUT2D eigenvalue weighted by atomic mass is 32.2. The molecule has 0 atom stereocenters. The standard InChI is InChI=1S/C19H24N2O5S2/c1-5-25-16-12-11-14(13-17(16)26-6-2)28(23,24)20-15-9-7-8-10-18(15)27-19(22)21(3)4/h7-13,20H,5-6H2,1-4H3. The molecule has 0 radical (unpaired) electrons. The summed E-state index contributed by atoms with van der Waals surface area (Å²) in [5.41, 5.74) is 0.328. The van der Waals surface area contributed by atoms with Crippen molar-refractivity contribution >= 4 is 32.7 Å². The first-order valence-electron chi connectivity index (χ1n) is 8.69. The van der Waals surface area contributed by atoms with Gasteiger partial charge in [0.2, 0.25) is 0 Å². The number of amides is 1. The number of carbonyl (C=O) groups excluding carboxylic acids is 1. The van der Waals surface area contributed by atoms with Gasteiger partial charge in [-0.15, -0.1) is 0 Å². The van der Waals surface area contributed by atoms with Gasteiger partial charge in [0.1, 0.15) is 0 Å². The Morgan fingerprint density at radius 1 is 1.04 bits per heavy atom. The molecule has 0 aliphatic carbocycles. The number of rotatable bonds is 8. The Morgan fingerprint density at radius 3 is 2.32 bits per heavy atom. The van der Waals surface area contributed by atoms with Gasteiger partial charge in [0.05, 0.1) is 23.8 Å². The lowest BCUT2D eigenvalue weighted by molar-refractivity contribution is 0.241. The predicted octanol–water partition coefficient (Wildman–Crippen LogP) is 4.06. The van der Waals surface area contributed by atoms with E-state index in [2.05, 4.69) is 4.72 Å². The van der Waals surface area contributed by atoms with E-state index in [1.807, 2.05) is 13.8 Å². The minimum absolute atomic E-state index is 0.0399. The summed E-state index contributed by atoms with van der Waals surface area (Å²) in [5.74, 6) is 0.841. The molecule has 1 amide bonds. The van der Waals surface area contributed by atoms with Crippen molar-refractivity contribution in [2.75, 3.05) is 32.0 Å². The maximum Gasteiger partial charge on any atom is 0.286 e. The normalized spacial score (nSPS) is 11.0. The maximum atomic E-state index is 12.9. The number of hydrogen-bond acceptors (Lipinski definition) is 6. The van der Waals surface area contributed by atoms with Gasteiger partial charge in [-0.2, -0.15) is 0 Å². The molecular weight excluding hydrogens is 400 g/mol. The van der Waals surface area contributed by atoms with E-state index in [1.165, 1.54) is 17.0 Å². The van der Waals surface area contributed by atoms with Crippen LogP contribution in [-0.4, -0.2) is 45.9 Å². The van der Waals surface area contributed by atoms with Crippen molar-refractivity contribution in [2.24, 2.45) is 0 Å². The first kappa shape index (κ1) is 21.9. The Labute approximate surface area is 170 Å². The summed E-state index contributed by atoms with van der Waals surface area (Å²) in [7, 11) is -0.616. The molecule has 0 aromatic heterocycles. The van der Waals surface area contributed by atoms with Gasteiger partial charge >= 0.3 is 0 Å². The zero-order valence-corrected chi connectivity index (χ0v) is 17.9. The van der Waals surface area contributed by atoms with Gasteiger partial charge in [0.15, 0.2) is 11.5 Å². The molecule has 0 unspecified atom stereocenters. The first-order valence-corrected chi connectivity index (χ1v) is 11.0. The molecule has 28 heavy (non-hydrogen) atoms. The first-order chi connectivity index (χ1) is 13.3. The minimum Gasteiger partial charge on any atom is -0.490 e. The molecule has 2 aromatic rings. The monoisotopic (exact) mass is 424 g/mol. The van der Waals surface area contributed by atoms with E-state index < -0.39 is 10.0 Å². The van der Waals surface area contributed by atoms with Crippen molar-refractivity contribution in [3.63, 3.8) is 0 Å². The summed E-state index contributed by atoms with van der Waals surface area (Å²) in [6.07, 6.45) is 0. The number of nitrogens with one attached hydrogen (secondary N) is 1. The van der Waals surface area contributed by atoms with Crippen LogP contribution in [0, 0.1) is 0 Å². The fraction of sp³-hybridized carbons (Fsp3) is 0.316. The van der Waals surface area contributed by atoms with Gasteiger partial charge in [-0.3, -0.25) is 9.52 Å². The van der Waals surface area contributed by atoms with Crippen molar-refractivity contribution in [1.29, 1.82) is 0 Å². The third-order valence-electron chi connectivity index (χ3n) is 3.52. The fourth-order valence-electron chi connectivity index (χ4n) is 2.23. The highest BCUT2D eigenvalue weighted by Crippen LogP contribution is 2.33. The van der Waals surface area contributed by atoms with Crippen molar-refractivity contribution in [3.8, 4) is 11.5 Å². The molecule has 152 valence electrons. The molecule has 0 heterocycles. The highest BCUT2D eigenvalue weighted by molar-refractivity contribution is 8.13. The number of sulfonamides is 1. The van der Waals surface area contributed by atoms with Crippen LogP contribution >= 0.6 is 11.8 Å². The molecule has 0 saturated heterocycles. The van der Waals surface area contributed by atoms with Crippen molar-refractivity contribution < 1.29 is 22.7 Å². The number of anilines is 1.